The van der Waals surface area contributed by atoms with E-state index in [-0.39, 0.29) is 5.78 Å². The maximum absolute atomic E-state index is 11.8. The maximum Gasteiger partial charge on any atom is 0.338 e. The van der Waals surface area contributed by atoms with Crippen LogP contribution in [0.4, 0.5) is 0 Å². The molecule has 1 aromatic carbocycles. The second kappa shape index (κ2) is 7.43. The van der Waals surface area contributed by atoms with Gasteiger partial charge < -0.3 is 4.74 Å². The molecule has 1 aromatic rings. The molecule has 3 nitrogen and oxygen atoms in total. The number of carbonyl (C=O) groups is 2. The van der Waals surface area contributed by atoms with E-state index in [1.807, 2.05) is 13.0 Å². The van der Waals surface area contributed by atoms with Crippen LogP contribution in [0.3, 0.4) is 0 Å². The standard InChI is InChI=1S/C15H18O3/c1-3-5-11-14(13(16)4-2)18-15(17)12-9-7-6-8-10-12/h4,6-10,14H,2-3,5,11H2,1H3. The van der Waals surface area contributed by atoms with Crippen molar-refractivity contribution >= 4 is 11.8 Å². The van der Waals surface area contributed by atoms with Gasteiger partial charge in [-0.05, 0) is 31.1 Å². The molecule has 0 bridgehead atoms. The van der Waals surface area contributed by atoms with E-state index >= 15 is 0 Å². The molecule has 0 aromatic heterocycles. The molecule has 0 radical (unpaired) electrons. The van der Waals surface area contributed by atoms with Crippen molar-refractivity contribution in [2.45, 2.75) is 32.3 Å². The summed E-state index contributed by atoms with van der Waals surface area (Å²) in [6.07, 6.45) is 2.82. The lowest BCUT2D eigenvalue weighted by atomic mass is 10.1. The van der Waals surface area contributed by atoms with Gasteiger partial charge >= 0.3 is 5.97 Å². The molecule has 0 saturated carbocycles. The van der Waals surface area contributed by atoms with Gasteiger partial charge in [0.1, 0.15) is 0 Å². The summed E-state index contributed by atoms with van der Waals surface area (Å²) in [5, 5.41) is 0. The van der Waals surface area contributed by atoms with Gasteiger partial charge in [-0.3, -0.25) is 4.79 Å². The van der Waals surface area contributed by atoms with E-state index in [2.05, 4.69) is 6.58 Å². The van der Waals surface area contributed by atoms with Gasteiger partial charge in [0.05, 0.1) is 5.56 Å². The van der Waals surface area contributed by atoms with Crippen molar-refractivity contribution in [3.05, 3.63) is 48.6 Å². The molecule has 0 heterocycles. The quantitative estimate of drug-likeness (QED) is 0.548. The van der Waals surface area contributed by atoms with E-state index in [9.17, 15) is 9.59 Å². The Balaban J connectivity index is 2.68. The van der Waals surface area contributed by atoms with Crippen LogP contribution in [0.15, 0.2) is 43.0 Å². The van der Waals surface area contributed by atoms with Gasteiger partial charge in [-0.2, -0.15) is 0 Å². The fourth-order valence-electron chi connectivity index (χ4n) is 1.55. The second-order valence-electron chi connectivity index (χ2n) is 4.01. The fraction of sp³-hybridized carbons (Fsp3) is 0.333. The molecular formula is C15H18O3. The van der Waals surface area contributed by atoms with E-state index in [0.717, 1.165) is 12.8 Å². The van der Waals surface area contributed by atoms with Crippen LogP contribution >= 0.6 is 0 Å². The molecule has 0 amide bonds. The number of ketones is 1. The van der Waals surface area contributed by atoms with Crippen molar-refractivity contribution in [3.63, 3.8) is 0 Å². The van der Waals surface area contributed by atoms with Crippen molar-refractivity contribution < 1.29 is 14.3 Å². The molecule has 0 N–H and O–H groups in total. The van der Waals surface area contributed by atoms with Crippen LogP contribution in [-0.2, 0) is 9.53 Å². The molecule has 0 fully saturated rings. The molecule has 3 heteroatoms. The highest BCUT2D eigenvalue weighted by Crippen LogP contribution is 2.10. The first-order valence-electron chi connectivity index (χ1n) is 6.11. The highest BCUT2D eigenvalue weighted by Gasteiger charge is 2.20. The summed E-state index contributed by atoms with van der Waals surface area (Å²) in [5.41, 5.74) is 0.455. The Morgan fingerprint density at radius 1 is 1.33 bits per heavy atom. The van der Waals surface area contributed by atoms with Crippen LogP contribution in [0, 0.1) is 0 Å². The third-order valence-corrected chi connectivity index (χ3v) is 2.60. The summed E-state index contributed by atoms with van der Waals surface area (Å²) in [7, 11) is 0. The number of hydrogen-bond donors (Lipinski definition) is 0. The summed E-state index contributed by atoms with van der Waals surface area (Å²) in [5.74, 6) is -0.709. The molecule has 0 aliphatic rings. The average Bonchev–Trinajstić information content (AvgIpc) is 2.43. The number of carbonyl (C=O) groups excluding carboxylic acids is 2. The first kappa shape index (κ1) is 14.2. The third-order valence-electron chi connectivity index (χ3n) is 2.60. The summed E-state index contributed by atoms with van der Waals surface area (Å²) in [4.78, 5) is 23.4. The summed E-state index contributed by atoms with van der Waals surface area (Å²) in [6, 6.07) is 8.66. The van der Waals surface area contributed by atoms with E-state index in [1.54, 1.807) is 24.3 Å². The van der Waals surface area contributed by atoms with Crippen LogP contribution < -0.4 is 0 Å². The number of hydrogen-bond acceptors (Lipinski definition) is 3. The summed E-state index contributed by atoms with van der Waals surface area (Å²) in [6.45, 7) is 5.45. The number of benzene rings is 1. The van der Waals surface area contributed by atoms with Crippen LogP contribution in [-0.4, -0.2) is 17.9 Å². The van der Waals surface area contributed by atoms with Crippen molar-refractivity contribution in [3.8, 4) is 0 Å². The molecule has 1 unspecified atom stereocenters. The summed E-state index contributed by atoms with van der Waals surface area (Å²) >= 11 is 0. The lowest BCUT2D eigenvalue weighted by Gasteiger charge is -2.14. The zero-order chi connectivity index (χ0) is 13.4. The van der Waals surface area contributed by atoms with Crippen LogP contribution in [0.25, 0.3) is 0 Å². The smallest absolute Gasteiger partial charge is 0.338 e. The topological polar surface area (TPSA) is 43.4 Å². The van der Waals surface area contributed by atoms with E-state index in [4.69, 9.17) is 4.74 Å². The van der Waals surface area contributed by atoms with Gasteiger partial charge in [-0.25, -0.2) is 4.79 Å². The zero-order valence-electron chi connectivity index (χ0n) is 10.6. The van der Waals surface area contributed by atoms with E-state index in [0.29, 0.717) is 12.0 Å². The summed E-state index contributed by atoms with van der Waals surface area (Å²) < 4.78 is 5.23. The average molecular weight is 246 g/mol. The predicted molar refractivity (Wildman–Crippen MR) is 70.4 cm³/mol. The largest absolute Gasteiger partial charge is 0.450 e. The Morgan fingerprint density at radius 3 is 2.56 bits per heavy atom. The van der Waals surface area contributed by atoms with Crippen molar-refractivity contribution in [1.82, 2.24) is 0 Å². The highest BCUT2D eigenvalue weighted by atomic mass is 16.5. The zero-order valence-corrected chi connectivity index (χ0v) is 10.6. The number of esters is 1. The molecule has 96 valence electrons. The van der Waals surface area contributed by atoms with Crippen molar-refractivity contribution in [2.24, 2.45) is 0 Å². The molecule has 0 spiro atoms. The Bertz CT molecular complexity index is 409. The molecule has 1 atom stereocenters. The van der Waals surface area contributed by atoms with Crippen molar-refractivity contribution in [2.75, 3.05) is 0 Å². The molecular weight excluding hydrogens is 228 g/mol. The number of ether oxygens (including phenoxy) is 1. The molecule has 0 saturated heterocycles. The monoisotopic (exact) mass is 246 g/mol. The van der Waals surface area contributed by atoms with Crippen molar-refractivity contribution in [1.29, 1.82) is 0 Å². The van der Waals surface area contributed by atoms with E-state index in [1.165, 1.54) is 6.08 Å². The first-order chi connectivity index (χ1) is 8.69. The van der Waals surface area contributed by atoms with Gasteiger partial charge in [0.25, 0.3) is 0 Å². The van der Waals surface area contributed by atoms with Crippen LogP contribution in [0.1, 0.15) is 36.5 Å². The number of rotatable bonds is 7. The number of unbranched alkanes of at least 4 members (excludes halogenated alkanes) is 1. The Kier molecular flexibility index (Phi) is 5.85. The van der Waals surface area contributed by atoms with Crippen LogP contribution in [0.5, 0.6) is 0 Å². The molecule has 1 rings (SSSR count). The minimum atomic E-state index is -0.713. The third kappa shape index (κ3) is 4.17. The van der Waals surface area contributed by atoms with Gasteiger partial charge in [0.2, 0.25) is 0 Å². The molecule has 0 aliphatic carbocycles. The lowest BCUT2D eigenvalue weighted by Crippen LogP contribution is -2.26. The lowest BCUT2D eigenvalue weighted by molar-refractivity contribution is -0.123. The first-order valence-corrected chi connectivity index (χ1v) is 6.11. The minimum absolute atomic E-state index is 0.243. The fourth-order valence-corrected chi connectivity index (χ4v) is 1.55. The van der Waals surface area contributed by atoms with Gasteiger partial charge in [0, 0.05) is 0 Å². The van der Waals surface area contributed by atoms with Gasteiger partial charge in [0.15, 0.2) is 11.9 Å². The van der Waals surface area contributed by atoms with Crippen LogP contribution in [0.2, 0.25) is 0 Å². The highest BCUT2D eigenvalue weighted by molar-refractivity contribution is 5.96. The molecule has 18 heavy (non-hydrogen) atoms. The van der Waals surface area contributed by atoms with E-state index < -0.39 is 12.1 Å². The minimum Gasteiger partial charge on any atom is -0.450 e. The SMILES string of the molecule is C=CC(=O)C(CCCC)OC(=O)c1ccccc1. The second-order valence-corrected chi connectivity index (χ2v) is 4.01. The van der Waals surface area contributed by atoms with Gasteiger partial charge in [-0.1, -0.05) is 38.1 Å². The maximum atomic E-state index is 11.8. The Hall–Kier alpha value is -1.90. The normalized spacial score (nSPS) is 11.6. The Labute approximate surface area is 107 Å². The predicted octanol–water partition coefficient (Wildman–Crippen LogP) is 3.16. The molecule has 0 aliphatic heterocycles. The Morgan fingerprint density at radius 2 is 2.00 bits per heavy atom. The van der Waals surface area contributed by atoms with Gasteiger partial charge in [-0.15, -0.1) is 0 Å².